The molecule has 2 aromatic carbocycles. The summed E-state index contributed by atoms with van der Waals surface area (Å²) in [6, 6.07) is 12.7. The van der Waals surface area contributed by atoms with Crippen molar-refractivity contribution in [2.24, 2.45) is 0 Å². The second-order valence-electron chi connectivity index (χ2n) is 8.84. The number of fused-ring (bicyclic) bond motifs is 3. The Kier molecular flexibility index (Phi) is 5.78. The fourth-order valence-electron chi connectivity index (χ4n) is 4.87. The Morgan fingerprint density at radius 1 is 0.938 bits per heavy atom. The molecule has 2 heterocycles. The highest BCUT2D eigenvalue weighted by Gasteiger charge is 2.25. The van der Waals surface area contributed by atoms with Gasteiger partial charge in [0, 0.05) is 41.8 Å². The van der Waals surface area contributed by atoms with Crippen LogP contribution in [-0.4, -0.2) is 36.7 Å². The van der Waals surface area contributed by atoms with Crippen molar-refractivity contribution in [3.63, 3.8) is 0 Å². The van der Waals surface area contributed by atoms with E-state index in [1.807, 2.05) is 18.2 Å². The van der Waals surface area contributed by atoms with Crippen molar-refractivity contribution in [3.8, 4) is 0 Å². The Hall–Kier alpha value is -2.64. The van der Waals surface area contributed by atoms with E-state index in [2.05, 4.69) is 10.3 Å². The standard InChI is InChI=1S/C25H29N3O3S/c29-25(19-10-13-24-22(16-19)21-6-2-3-7-23(21)27-24)26-17-18-8-11-20(12-9-18)32(30,31)28-14-4-1-5-15-28/h8-13,16,27H,1-7,14-15,17H2,(H,26,29). The molecule has 0 bridgehead atoms. The van der Waals surface area contributed by atoms with Crippen molar-refractivity contribution in [1.29, 1.82) is 0 Å². The number of hydrogen-bond donors (Lipinski definition) is 2. The zero-order valence-corrected chi connectivity index (χ0v) is 19.0. The SMILES string of the molecule is O=C(NCc1ccc(S(=O)(=O)N2CCCCC2)cc1)c1ccc2[nH]c3c(c2c1)CCCC3. The van der Waals surface area contributed by atoms with Crippen LogP contribution in [0.5, 0.6) is 0 Å². The zero-order chi connectivity index (χ0) is 22.1. The molecule has 3 aromatic rings. The number of benzene rings is 2. The fourth-order valence-corrected chi connectivity index (χ4v) is 6.38. The van der Waals surface area contributed by atoms with Gasteiger partial charge in [-0.1, -0.05) is 18.6 Å². The van der Waals surface area contributed by atoms with Crippen molar-refractivity contribution in [2.75, 3.05) is 13.1 Å². The highest BCUT2D eigenvalue weighted by molar-refractivity contribution is 7.89. The second-order valence-corrected chi connectivity index (χ2v) is 10.8. The molecule has 1 aromatic heterocycles. The summed E-state index contributed by atoms with van der Waals surface area (Å²) in [4.78, 5) is 16.6. The lowest BCUT2D eigenvalue weighted by Gasteiger charge is -2.25. The number of nitrogens with zero attached hydrogens (tertiary/aromatic N) is 1. The number of H-pyrrole nitrogens is 1. The first-order valence-corrected chi connectivity index (χ1v) is 13.0. The maximum atomic E-state index is 12.8. The van der Waals surface area contributed by atoms with Crippen molar-refractivity contribution in [1.82, 2.24) is 14.6 Å². The van der Waals surface area contributed by atoms with E-state index in [-0.39, 0.29) is 5.91 Å². The minimum absolute atomic E-state index is 0.123. The normalized spacial score (nSPS) is 17.2. The summed E-state index contributed by atoms with van der Waals surface area (Å²) in [6.07, 6.45) is 7.47. The maximum absolute atomic E-state index is 12.8. The summed E-state index contributed by atoms with van der Waals surface area (Å²) in [6.45, 7) is 1.54. The molecule has 0 spiro atoms. The molecule has 5 rings (SSSR count). The van der Waals surface area contributed by atoms with Crippen molar-refractivity contribution < 1.29 is 13.2 Å². The van der Waals surface area contributed by atoms with Gasteiger partial charge in [0.15, 0.2) is 0 Å². The van der Waals surface area contributed by atoms with Crippen molar-refractivity contribution in [3.05, 3.63) is 64.8 Å². The predicted molar refractivity (Wildman–Crippen MR) is 125 cm³/mol. The van der Waals surface area contributed by atoms with Crippen LogP contribution in [-0.2, 0) is 29.4 Å². The maximum Gasteiger partial charge on any atom is 0.251 e. The third-order valence-corrected chi connectivity index (χ3v) is 8.60. The summed E-state index contributed by atoms with van der Waals surface area (Å²) in [7, 11) is -3.43. The quantitative estimate of drug-likeness (QED) is 0.611. The van der Waals surface area contributed by atoms with Gasteiger partial charge in [-0.3, -0.25) is 4.79 Å². The molecule has 0 unspecified atom stereocenters. The Morgan fingerprint density at radius 2 is 1.69 bits per heavy atom. The number of piperidine rings is 1. The molecule has 168 valence electrons. The molecule has 1 aliphatic carbocycles. The van der Waals surface area contributed by atoms with Gasteiger partial charge in [-0.25, -0.2) is 8.42 Å². The van der Waals surface area contributed by atoms with Crippen LogP contribution in [0.4, 0.5) is 0 Å². The molecule has 0 radical (unpaired) electrons. The first-order chi connectivity index (χ1) is 15.5. The number of aryl methyl sites for hydroxylation is 2. The number of carbonyl (C=O) groups is 1. The number of aromatic amines is 1. The summed E-state index contributed by atoms with van der Waals surface area (Å²) >= 11 is 0. The smallest absolute Gasteiger partial charge is 0.251 e. The Bertz CT molecular complexity index is 1240. The van der Waals surface area contributed by atoms with E-state index in [9.17, 15) is 13.2 Å². The summed E-state index contributed by atoms with van der Waals surface area (Å²) in [5, 5.41) is 4.12. The highest BCUT2D eigenvalue weighted by atomic mass is 32.2. The molecule has 1 fully saturated rings. The topological polar surface area (TPSA) is 82.3 Å². The van der Waals surface area contributed by atoms with Crippen LogP contribution in [0, 0.1) is 0 Å². The third kappa shape index (κ3) is 4.07. The number of aromatic nitrogens is 1. The average Bonchev–Trinajstić information content (AvgIpc) is 3.21. The summed E-state index contributed by atoms with van der Waals surface area (Å²) < 4.78 is 27.2. The van der Waals surface area contributed by atoms with Crippen LogP contribution in [0.2, 0.25) is 0 Å². The molecule has 2 N–H and O–H groups in total. The minimum Gasteiger partial charge on any atom is -0.358 e. The molecule has 0 atom stereocenters. The summed E-state index contributed by atoms with van der Waals surface area (Å²) in [5.41, 5.74) is 5.28. The van der Waals surface area contributed by atoms with Gasteiger partial charge in [0.2, 0.25) is 10.0 Å². The summed E-state index contributed by atoms with van der Waals surface area (Å²) in [5.74, 6) is -0.123. The molecule has 0 saturated carbocycles. The molecule has 1 amide bonds. The zero-order valence-electron chi connectivity index (χ0n) is 18.2. The number of rotatable bonds is 5. The number of sulfonamides is 1. The molecule has 2 aliphatic rings. The van der Waals surface area contributed by atoms with Crippen LogP contribution < -0.4 is 5.32 Å². The van der Waals surface area contributed by atoms with E-state index in [4.69, 9.17) is 0 Å². The van der Waals surface area contributed by atoms with E-state index in [0.717, 1.165) is 48.6 Å². The van der Waals surface area contributed by atoms with Crippen molar-refractivity contribution in [2.45, 2.75) is 56.4 Å². The van der Waals surface area contributed by atoms with E-state index < -0.39 is 10.0 Å². The lowest BCUT2D eigenvalue weighted by atomic mass is 9.95. The minimum atomic E-state index is -3.43. The molecule has 6 nitrogen and oxygen atoms in total. The van der Waals surface area contributed by atoms with E-state index in [0.29, 0.717) is 30.1 Å². The van der Waals surface area contributed by atoms with Gasteiger partial charge in [0.05, 0.1) is 4.90 Å². The van der Waals surface area contributed by atoms with Gasteiger partial charge >= 0.3 is 0 Å². The second kappa shape index (κ2) is 8.71. The van der Waals surface area contributed by atoms with Crippen LogP contribution in [0.3, 0.4) is 0 Å². The number of nitrogens with one attached hydrogen (secondary N) is 2. The Balaban J connectivity index is 1.26. The lowest BCUT2D eigenvalue weighted by Crippen LogP contribution is -2.35. The van der Waals surface area contributed by atoms with Gasteiger partial charge in [-0.05, 0) is 80.0 Å². The fraction of sp³-hybridized carbons (Fsp3) is 0.400. The molecule has 32 heavy (non-hydrogen) atoms. The van der Waals surface area contributed by atoms with Crippen LogP contribution in [0.15, 0.2) is 47.4 Å². The van der Waals surface area contributed by atoms with Gasteiger partial charge in [-0.2, -0.15) is 4.31 Å². The molecular weight excluding hydrogens is 422 g/mol. The number of carbonyl (C=O) groups excluding carboxylic acids is 1. The molecule has 7 heteroatoms. The van der Waals surface area contributed by atoms with Crippen LogP contribution >= 0.6 is 0 Å². The first-order valence-electron chi connectivity index (χ1n) is 11.5. The van der Waals surface area contributed by atoms with E-state index >= 15 is 0 Å². The number of hydrogen-bond acceptors (Lipinski definition) is 3. The van der Waals surface area contributed by atoms with Crippen LogP contribution in [0.1, 0.15) is 59.3 Å². The van der Waals surface area contributed by atoms with Gasteiger partial charge in [0.1, 0.15) is 0 Å². The highest BCUT2D eigenvalue weighted by Crippen LogP contribution is 2.29. The van der Waals surface area contributed by atoms with E-state index in [1.54, 1.807) is 28.6 Å². The molecular formula is C25H29N3O3S. The van der Waals surface area contributed by atoms with Gasteiger partial charge in [-0.15, -0.1) is 0 Å². The monoisotopic (exact) mass is 451 g/mol. The predicted octanol–water partition coefficient (Wildman–Crippen LogP) is 4.15. The first kappa shape index (κ1) is 21.2. The molecule has 1 aliphatic heterocycles. The Morgan fingerprint density at radius 3 is 2.47 bits per heavy atom. The Labute approximate surface area is 189 Å². The van der Waals surface area contributed by atoms with Gasteiger partial charge in [0.25, 0.3) is 5.91 Å². The largest absolute Gasteiger partial charge is 0.358 e. The molecule has 1 saturated heterocycles. The third-order valence-electron chi connectivity index (χ3n) is 6.69. The van der Waals surface area contributed by atoms with Crippen LogP contribution in [0.25, 0.3) is 10.9 Å². The van der Waals surface area contributed by atoms with Crippen molar-refractivity contribution >= 4 is 26.8 Å². The van der Waals surface area contributed by atoms with E-state index in [1.165, 1.54) is 24.1 Å². The number of amides is 1. The lowest BCUT2D eigenvalue weighted by molar-refractivity contribution is 0.0951. The average molecular weight is 452 g/mol. The van der Waals surface area contributed by atoms with Gasteiger partial charge < -0.3 is 10.3 Å².